The summed E-state index contributed by atoms with van der Waals surface area (Å²) in [7, 11) is 0. The maximum Gasteiger partial charge on any atom is 0.253 e. The molecule has 3 amide bonds. The molecule has 5 rings (SSSR count). The summed E-state index contributed by atoms with van der Waals surface area (Å²) < 4.78 is 6.80. The normalized spacial score (nSPS) is 27.6. The van der Waals surface area contributed by atoms with Crippen molar-refractivity contribution in [3.63, 3.8) is 0 Å². The van der Waals surface area contributed by atoms with Gasteiger partial charge in [-0.15, -0.1) is 13.2 Å². The lowest BCUT2D eigenvalue weighted by Crippen LogP contribution is -2.57. The number of ether oxygens (including phenoxy) is 1. The first-order valence-corrected chi connectivity index (χ1v) is 14.8. The van der Waals surface area contributed by atoms with E-state index < -0.39 is 29.1 Å². The Kier molecular flexibility index (Phi) is 8.34. The number of hydrogen-bond acceptors (Lipinski definition) is 5. The van der Waals surface area contributed by atoms with E-state index in [1.807, 2.05) is 56.3 Å². The molecule has 222 valence electrons. The number of anilines is 2. The minimum absolute atomic E-state index is 0.148. The Balaban J connectivity index is 1.61. The fourth-order valence-electron chi connectivity index (χ4n) is 7.32. The van der Waals surface area contributed by atoms with Crippen LogP contribution in [0.2, 0.25) is 5.02 Å². The molecule has 42 heavy (non-hydrogen) atoms. The highest BCUT2D eigenvalue weighted by molar-refractivity contribution is 6.34. The van der Waals surface area contributed by atoms with Gasteiger partial charge in [-0.1, -0.05) is 54.1 Å². The van der Waals surface area contributed by atoms with E-state index in [2.05, 4.69) is 13.2 Å². The Hall–Kier alpha value is -3.46. The predicted octanol–water partition coefficient (Wildman–Crippen LogP) is 4.53. The van der Waals surface area contributed by atoms with Crippen LogP contribution >= 0.6 is 11.6 Å². The van der Waals surface area contributed by atoms with Gasteiger partial charge in [-0.3, -0.25) is 14.4 Å². The molecule has 3 fully saturated rings. The van der Waals surface area contributed by atoms with Crippen LogP contribution in [0.3, 0.4) is 0 Å². The van der Waals surface area contributed by atoms with Crippen molar-refractivity contribution in [2.75, 3.05) is 36.0 Å². The lowest BCUT2D eigenvalue weighted by atomic mass is 9.66. The minimum atomic E-state index is -1.20. The highest BCUT2D eigenvalue weighted by Gasteiger charge is 2.78. The number of amides is 3. The van der Waals surface area contributed by atoms with Crippen LogP contribution in [-0.4, -0.2) is 71.2 Å². The molecule has 2 unspecified atom stereocenters. The molecule has 0 radical (unpaired) electrons. The quantitative estimate of drug-likeness (QED) is 0.388. The van der Waals surface area contributed by atoms with E-state index in [1.165, 1.54) is 4.90 Å². The molecule has 3 saturated heterocycles. The van der Waals surface area contributed by atoms with Crippen LogP contribution in [0.1, 0.15) is 31.7 Å². The van der Waals surface area contributed by atoms with Crippen molar-refractivity contribution in [3.8, 4) is 0 Å². The van der Waals surface area contributed by atoms with Crippen LogP contribution in [0.5, 0.6) is 0 Å². The molecule has 3 aliphatic heterocycles. The topological polar surface area (TPSA) is 90.4 Å². The van der Waals surface area contributed by atoms with E-state index in [1.54, 1.807) is 28.0 Å². The van der Waals surface area contributed by atoms with E-state index in [-0.39, 0.29) is 50.4 Å². The number of halogens is 1. The number of fused-ring (bicyclic) bond motifs is 1. The molecule has 0 aliphatic carbocycles. The van der Waals surface area contributed by atoms with Gasteiger partial charge in [0.25, 0.3) is 5.91 Å². The molecule has 1 N–H and O–H groups in total. The molecule has 0 aromatic heterocycles. The Morgan fingerprint density at radius 3 is 2.40 bits per heavy atom. The number of benzene rings is 2. The van der Waals surface area contributed by atoms with Crippen LogP contribution in [0.15, 0.2) is 73.8 Å². The number of hydrogen-bond donors (Lipinski definition) is 1. The van der Waals surface area contributed by atoms with Crippen LogP contribution in [-0.2, 0) is 19.1 Å². The average Bonchev–Trinajstić information content (AvgIpc) is 3.54. The average molecular weight is 592 g/mol. The van der Waals surface area contributed by atoms with Gasteiger partial charge in [0.1, 0.15) is 11.6 Å². The van der Waals surface area contributed by atoms with E-state index >= 15 is 0 Å². The molecule has 3 heterocycles. The summed E-state index contributed by atoms with van der Waals surface area (Å²) in [6, 6.07) is 13.7. The van der Waals surface area contributed by atoms with Gasteiger partial charge >= 0.3 is 0 Å². The lowest BCUT2D eigenvalue weighted by Gasteiger charge is -2.37. The van der Waals surface area contributed by atoms with Gasteiger partial charge < -0.3 is 24.5 Å². The first-order valence-electron chi connectivity index (χ1n) is 14.4. The van der Waals surface area contributed by atoms with Gasteiger partial charge in [-0.25, -0.2) is 0 Å². The third-order valence-corrected chi connectivity index (χ3v) is 9.32. The molecule has 0 saturated carbocycles. The van der Waals surface area contributed by atoms with Crippen molar-refractivity contribution in [2.45, 2.75) is 50.4 Å². The van der Waals surface area contributed by atoms with Gasteiger partial charge in [0, 0.05) is 31.9 Å². The number of para-hydroxylation sites is 2. The Labute approximate surface area is 252 Å². The standard InChI is InChI=1S/C33H38ClN3O5/c1-5-18-35(23-13-8-7-9-14-23)29(39)25-26-30(40)37(20-11-21-38)28(33(26)17-16-32(25,4)42-33)31(41)36(19-6-2)27-22(3)12-10-15-24(27)34/h5-10,12-15,25-26,28,38H,1-2,11,16-21H2,3-4H3/t25-,26-,28?,32+,33?/m0/s1. The summed E-state index contributed by atoms with van der Waals surface area (Å²) in [4.78, 5) is 48.2. The number of carbonyl (C=O) groups excluding carboxylic acids is 3. The highest BCUT2D eigenvalue weighted by atomic mass is 35.5. The monoisotopic (exact) mass is 591 g/mol. The third kappa shape index (κ3) is 4.66. The minimum Gasteiger partial charge on any atom is -0.396 e. The molecule has 2 aromatic carbocycles. The maximum absolute atomic E-state index is 14.7. The summed E-state index contributed by atoms with van der Waals surface area (Å²) in [5.74, 6) is -2.54. The molecular weight excluding hydrogens is 554 g/mol. The van der Waals surface area contributed by atoms with Crippen LogP contribution in [0.4, 0.5) is 11.4 Å². The molecule has 2 aromatic rings. The van der Waals surface area contributed by atoms with Gasteiger partial charge in [0.2, 0.25) is 11.8 Å². The molecule has 3 aliphatic rings. The van der Waals surface area contributed by atoms with Crippen LogP contribution < -0.4 is 9.80 Å². The number of aliphatic hydroxyl groups excluding tert-OH is 1. The SMILES string of the molecule is C=CCN(C(=O)[C@@H]1[C@H]2C(=O)N(CCCO)C(C(=O)N(CC=C)c3c(C)cccc3Cl)C23CC[C@@]1(C)O3)c1ccccc1. The van der Waals surface area contributed by atoms with E-state index in [9.17, 15) is 19.5 Å². The van der Waals surface area contributed by atoms with Crippen molar-refractivity contribution in [3.05, 3.63) is 84.4 Å². The Morgan fingerprint density at radius 1 is 1.07 bits per heavy atom. The predicted molar refractivity (Wildman–Crippen MR) is 163 cm³/mol. The fourth-order valence-corrected chi connectivity index (χ4v) is 7.65. The first-order chi connectivity index (χ1) is 20.1. The number of likely N-dealkylation sites (tertiary alicyclic amines) is 1. The lowest BCUT2D eigenvalue weighted by molar-refractivity contribution is -0.144. The number of carbonyl (C=O) groups is 3. The zero-order valence-electron chi connectivity index (χ0n) is 24.2. The highest BCUT2D eigenvalue weighted by Crippen LogP contribution is 2.63. The zero-order chi connectivity index (χ0) is 30.2. The smallest absolute Gasteiger partial charge is 0.253 e. The summed E-state index contributed by atoms with van der Waals surface area (Å²) in [6.45, 7) is 11.9. The van der Waals surface area contributed by atoms with Crippen molar-refractivity contribution in [2.24, 2.45) is 11.8 Å². The molecule has 2 bridgehead atoms. The third-order valence-electron chi connectivity index (χ3n) is 9.02. The summed E-state index contributed by atoms with van der Waals surface area (Å²) in [5.41, 5.74) is -0.0892. The summed E-state index contributed by atoms with van der Waals surface area (Å²) in [6.07, 6.45) is 4.54. The van der Waals surface area contributed by atoms with Crippen molar-refractivity contribution in [1.82, 2.24) is 4.90 Å². The van der Waals surface area contributed by atoms with Crippen molar-refractivity contribution < 1.29 is 24.2 Å². The number of rotatable bonds is 11. The maximum atomic E-state index is 14.7. The first kappa shape index (κ1) is 30.0. The molecular formula is C33H38ClN3O5. The summed E-state index contributed by atoms with van der Waals surface area (Å²) in [5, 5.41) is 10.1. The van der Waals surface area contributed by atoms with Gasteiger partial charge in [-0.05, 0) is 56.9 Å². The Bertz CT molecular complexity index is 1380. The summed E-state index contributed by atoms with van der Waals surface area (Å²) >= 11 is 6.63. The Morgan fingerprint density at radius 2 is 1.76 bits per heavy atom. The number of aryl methyl sites for hydroxylation is 1. The van der Waals surface area contributed by atoms with E-state index in [0.29, 0.717) is 29.2 Å². The zero-order valence-corrected chi connectivity index (χ0v) is 24.9. The van der Waals surface area contributed by atoms with Gasteiger partial charge in [-0.2, -0.15) is 0 Å². The van der Waals surface area contributed by atoms with Crippen molar-refractivity contribution >= 4 is 40.7 Å². The number of aliphatic hydroxyl groups is 1. The molecule has 8 nitrogen and oxygen atoms in total. The van der Waals surface area contributed by atoms with E-state index in [0.717, 1.165) is 5.56 Å². The van der Waals surface area contributed by atoms with Crippen molar-refractivity contribution in [1.29, 1.82) is 0 Å². The van der Waals surface area contributed by atoms with Crippen LogP contribution in [0.25, 0.3) is 0 Å². The van der Waals surface area contributed by atoms with Crippen LogP contribution in [0, 0.1) is 18.8 Å². The van der Waals surface area contributed by atoms with Gasteiger partial charge in [0.15, 0.2) is 0 Å². The largest absolute Gasteiger partial charge is 0.396 e. The fraction of sp³-hybridized carbons (Fsp3) is 0.424. The molecule has 1 spiro atoms. The number of nitrogens with zero attached hydrogens (tertiary/aromatic N) is 3. The second-order valence-corrected chi connectivity index (χ2v) is 12.0. The molecule has 9 heteroatoms. The molecule has 5 atom stereocenters. The van der Waals surface area contributed by atoms with E-state index in [4.69, 9.17) is 16.3 Å². The second kappa shape index (κ2) is 11.7. The van der Waals surface area contributed by atoms with Gasteiger partial charge in [0.05, 0.1) is 28.1 Å². The second-order valence-electron chi connectivity index (χ2n) is 11.6.